The van der Waals surface area contributed by atoms with E-state index in [0.717, 1.165) is 11.1 Å². The van der Waals surface area contributed by atoms with Crippen molar-refractivity contribution in [2.24, 2.45) is 10.2 Å². The van der Waals surface area contributed by atoms with Gasteiger partial charge in [0.05, 0.1) is 24.0 Å². The zero-order chi connectivity index (χ0) is 15.8. The lowest BCUT2D eigenvalue weighted by atomic mass is 10.2. The summed E-state index contributed by atoms with van der Waals surface area (Å²) in [4.78, 5) is -0.177. The van der Waals surface area contributed by atoms with Gasteiger partial charge in [-0.05, 0) is 30.7 Å². The fraction of sp³-hybridized carbons (Fsp3) is 0.250. The number of nitrogens with zero attached hydrogens (tertiary/aromatic N) is 2. The highest BCUT2D eigenvalue weighted by molar-refractivity contribution is 7.89. The number of hydrogen-bond acceptors (Lipinski definition) is 4. The van der Waals surface area contributed by atoms with E-state index >= 15 is 0 Å². The number of nitrogens with two attached hydrogens (primary N) is 1. The molecular weight excluding hydrogens is 307 g/mol. The summed E-state index contributed by atoms with van der Waals surface area (Å²) in [6.07, 6.45) is -2.90. The molecule has 1 aromatic carbocycles. The first-order valence-electron chi connectivity index (χ1n) is 5.81. The summed E-state index contributed by atoms with van der Waals surface area (Å²) < 4.78 is 60.6. The second kappa shape index (κ2) is 5.15. The first kappa shape index (κ1) is 15.5. The van der Waals surface area contributed by atoms with Crippen LogP contribution in [0.1, 0.15) is 5.56 Å². The molecule has 0 fully saturated rings. The molecule has 0 radical (unpaired) electrons. The highest BCUT2D eigenvalue weighted by atomic mass is 32.2. The fourth-order valence-electron chi connectivity index (χ4n) is 1.83. The van der Waals surface area contributed by atoms with E-state index in [0.29, 0.717) is 11.8 Å². The molecule has 0 saturated heterocycles. The Labute approximate surface area is 119 Å². The van der Waals surface area contributed by atoms with Crippen molar-refractivity contribution in [3.05, 3.63) is 35.4 Å². The van der Waals surface area contributed by atoms with E-state index in [1.165, 1.54) is 12.1 Å². The number of halogens is 3. The van der Waals surface area contributed by atoms with E-state index in [-0.39, 0.29) is 17.1 Å². The molecule has 2 rings (SSSR count). The maximum atomic E-state index is 12.5. The number of aryl methyl sites for hydroxylation is 1. The Hall–Kier alpha value is -1.87. The molecule has 2 N–H and O–H groups in total. The lowest BCUT2D eigenvalue weighted by Crippen LogP contribution is -2.27. The van der Waals surface area contributed by atoms with Gasteiger partial charge in [-0.2, -0.15) is 18.3 Å². The van der Waals surface area contributed by atoms with Crippen LogP contribution >= 0.6 is 0 Å². The van der Waals surface area contributed by atoms with Crippen molar-refractivity contribution in [2.75, 3.05) is 11.6 Å². The standard InChI is InChI=1S/C12H12F3N3O2S/c1-8-2-3-10(11(6-8)21(16,19)20)18-5-4-9(7-17-18)12(13,14)15/h2-4,6-7H,5H2,1H3,(H2,16,19,20). The average Bonchev–Trinajstić information content (AvgIpc) is 2.37. The van der Waals surface area contributed by atoms with Crippen LogP contribution in [0.3, 0.4) is 0 Å². The lowest BCUT2D eigenvalue weighted by molar-refractivity contribution is -0.0859. The number of hydrogen-bond donors (Lipinski definition) is 1. The van der Waals surface area contributed by atoms with Gasteiger partial charge >= 0.3 is 6.18 Å². The minimum atomic E-state index is -4.48. The highest BCUT2D eigenvalue weighted by Gasteiger charge is 2.34. The van der Waals surface area contributed by atoms with Gasteiger partial charge in [-0.25, -0.2) is 13.6 Å². The van der Waals surface area contributed by atoms with Crippen LogP contribution in [0.25, 0.3) is 0 Å². The third-order valence-electron chi connectivity index (χ3n) is 2.85. The summed E-state index contributed by atoms with van der Waals surface area (Å²) in [5.74, 6) is 0. The first-order valence-corrected chi connectivity index (χ1v) is 7.36. The van der Waals surface area contributed by atoms with Crippen LogP contribution in [-0.4, -0.2) is 27.4 Å². The largest absolute Gasteiger partial charge is 0.417 e. The molecule has 0 aromatic heterocycles. The Balaban J connectivity index is 2.39. The number of hydrazone groups is 1. The van der Waals surface area contributed by atoms with Gasteiger partial charge in [0, 0.05) is 0 Å². The van der Waals surface area contributed by atoms with E-state index in [1.807, 2.05) is 0 Å². The molecule has 1 aliphatic rings. The van der Waals surface area contributed by atoms with Crippen LogP contribution in [0, 0.1) is 6.92 Å². The number of allylic oxidation sites excluding steroid dienone is 1. The van der Waals surface area contributed by atoms with Crippen molar-refractivity contribution in [1.82, 2.24) is 0 Å². The molecule has 21 heavy (non-hydrogen) atoms. The maximum Gasteiger partial charge on any atom is 0.417 e. The average molecular weight is 319 g/mol. The lowest BCUT2D eigenvalue weighted by Gasteiger charge is -2.24. The van der Waals surface area contributed by atoms with Gasteiger partial charge in [-0.15, -0.1) is 0 Å². The summed E-state index contributed by atoms with van der Waals surface area (Å²) in [7, 11) is -4.01. The number of primary sulfonamides is 1. The van der Waals surface area contributed by atoms with Crippen LogP contribution in [0.5, 0.6) is 0 Å². The van der Waals surface area contributed by atoms with Crippen LogP contribution in [0.4, 0.5) is 18.9 Å². The highest BCUT2D eigenvalue weighted by Crippen LogP contribution is 2.30. The van der Waals surface area contributed by atoms with Gasteiger partial charge < -0.3 is 0 Å². The summed E-state index contributed by atoms with van der Waals surface area (Å²) in [6.45, 7) is 1.48. The molecule has 0 spiro atoms. The summed E-state index contributed by atoms with van der Waals surface area (Å²) in [5.41, 5.74) is -0.0740. The maximum absolute atomic E-state index is 12.5. The molecule has 1 heterocycles. The summed E-state index contributed by atoms with van der Waals surface area (Å²) >= 11 is 0. The van der Waals surface area contributed by atoms with Crippen LogP contribution in [-0.2, 0) is 10.0 Å². The SMILES string of the molecule is Cc1ccc(N2CC=C(C(F)(F)F)C=N2)c(S(N)(=O)=O)c1. The van der Waals surface area contributed by atoms with Gasteiger partial charge in [-0.3, -0.25) is 5.01 Å². The van der Waals surface area contributed by atoms with Crippen molar-refractivity contribution in [2.45, 2.75) is 18.0 Å². The van der Waals surface area contributed by atoms with Crippen LogP contribution < -0.4 is 10.1 Å². The number of rotatable bonds is 2. The number of benzene rings is 1. The molecule has 0 atom stereocenters. The predicted molar refractivity (Wildman–Crippen MR) is 72.5 cm³/mol. The molecular formula is C12H12F3N3O2S. The molecule has 5 nitrogen and oxygen atoms in total. The van der Waals surface area contributed by atoms with Gasteiger partial charge in [-0.1, -0.05) is 6.07 Å². The van der Waals surface area contributed by atoms with Crippen molar-refractivity contribution >= 4 is 21.9 Å². The number of sulfonamides is 1. The zero-order valence-corrected chi connectivity index (χ0v) is 11.7. The second-order valence-electron chi connectivity index (χ2n) is 4.50. The Kier molecular flexibility index (Phi) is 3.81. The third kappa shape index (κ3) is 3.42. The monoisotopic (exact) mass is 319 g/mol. The molecule has 1 aliphatic heterocycles. The van der Waals surface area contributed by atoms with E-state index in [2.05, 4.69) is 5.10 Å². The van der Waals surface area contributed by atoms with Gasteiger partial charge in [0.1, 0.15) is 4.90 Å². The first-order chi connectivity index (χ1) is 9.59. The number of alkyl halides is 3. The van der Waals surface area contributed by atoms with E-state index in [9.17, 15) is 21.6 Å². The van der Waals surface area contributed by atoms with E-state index in [1.54, 1.807) is 13.0 Å². The Morgan fingerprint density at radius 1 is 1.33 bits per heavy atom. The summed E-state index contributed by atoms with van der Waals surface area (Å²) in [6, 6.07) is 4.44. The minimum absolute atomic E-state index is 0.136. The molecule has 114 valence electrons. The zero-order valence-electron chi connectivity index (χ0n) is 10.9. The molecule has 0 bridgehead atoms. The molecule has 0 unspecified atom stereocenters. The predicted octanol–water partition coefficient (Wildman–Crippen LogP) is 1.94. The molecule has 0 aliphatic carbocycles. The second-order valence-corrected chi connectivity index (χ2v) is 6.03. The Morgan fingerprint density at radius 2 is 2.00 bits per heavy atom. The van der Waals surface area contributed by atoms with Gasteiger partial charge in [0.15, 0.2) is 0 Å². The van der Waals surface area contributed by atoms with E-state index in [4.69, 9.17) is 5.14 Å². The Bertz CT molecular complexity index is 724. The topological polar surface area (TPSA) is 75.8 Å². The molecule has 9 heteroatoms. The van der Waals surface area contributed by atoms with Crippen molar-refractivity contribution in [3.8, 4) is 0 Å². The normalized spacial score (nSPS) is 16.0. The minimum Gasteiger partial charge on any atom is -0.260 e. The van der Waals surface area contributed by atoms with Crippen LogP contribution in [0.15, 0.2) is 39.8 Å². The van der Waals surface area contributed by atoms with Gasteiger partial charge in [0.2, 0.25) is 10.0 Å². The number of anilines is 1. The smallest absolute Gasteiger partial charge is 0.260 e. The van der Waals surface area contributed by atoms with Crippen molar-refractivity contribution < 1.29 is 21.6 Å². The summed E-state index contributed by atoms with van der Waals surface area (Å²) in [5, 5.41) is 9.93. The molecule has 0 amide bonds. The van der Waals surface area contributed by atoms with E-state index < -0.39 is 21.8 Å². The van der Waals surface area contributed by atoms with Crippen molar-refractivity contribution in [3.63, 3.8) is 0 Å². The van der Waals surface area contributed by atoms with Crippen molar-refractivity contribution in [1.29, 1.82) is 0 Å². The molecule has 1 aromatic rings. The quantitative estimate of drug-likeness (QED) is 0.905. The molecule has 0 saturated carbocycles. The fourth-order valence-corrected chi connectivity index (χ4v) is 2.64. The van der Waals surface area contributed by atoms with Gasteiger partial charge in [0.25, 0.3) is 0 Å². The third-order valence-corrected chi connectivity index (χ3v) is 3.79. The Morgan fingerprint density at radius 3 is 2.48 bits per heavy atom. The van der Waals surface area contributed by atoms with Crippen LogP contribution in [0.2, 0.25) is 0 Å².